The Bertz CT molecular complexity index is 620. The van der Waals surface area contributed by atoms with Gasteiger partial charge in [-0.3, -0.25) is 0 Å². The summed E-state index contributed by atoms with van der Waals surface area (Å²) in [5, 5.41) is 0. The molecule has 1 heterocycles. The van der Waals surface area contributed by atoms with E-state index in [2.05, 4.69) is 50.9 Å². The first-order valence-electron chi connectivity index (χ1n) is 11.4. The highest BCUT2D eigenvalue weighted by Gasteiger charge is 2.63. The molecule has 3 saturated carbocycles. The molecule has 1 saturated heterocycles. The Labute approximate surface area is 194 Å². The molecular formula is C24H42Br2N2. The average molecular weight is 518 g/mol. The lowest BCUT2D eigenvalue weighted by molar-refractivity contribution is -0.0430. The van der Waals surface area contributed by atoms with Crippen molar-refractivity contribution in [3.8, 4) is 0 Å². The Kier molecular flexibility index (Phi) is 6.61. The van der Waals surface area contributed by atoms with E-state index in [1.165, 1.54) is 57.9 Å². The van der Waals surface area contributed by atoms with Crippen LogP contribution < -0.4 is 0 Å². The molecule has 0 aromatic rings. The van der Waals surface area contributed by atoms with Gasteiger partial charge in [0.15, 0.2) is 0 Å². The summed E-state index contributed by atoms with van der Waals surface area (Å²) in [6.45, 7) is 6.56. The molecule has 4 aliphatic carbocycles. The van der Waals surface area contributed by atoms with E-state index in [4.69, 9.17) is 0 Å². The standard InChI is InChI=1S/C24H40N2.2BrH/c1-16-20-8-9-22-19-7-6-17-14-18(25(3)4)10-12-23(17,2)21(19)11-13-24(20,22)15-26(16)5;;/h6,16,18-22H,7-15H2,1-5H3;2*1H/t16-,18-,19+,20+,21-,22-,23-,24-;;/m0../s1. The fourth-order valence-corrected chi connectivity index (χ4v) is 8.88. The van der Waals surface area contributed by atoms with E-state index in [0.29, 0.717) is 10.8 Å². The van der Waals surface area contributed by atoms with E-state index < -0.39 is 0 Å². The lowest BCUT2D eigenvalue weighted by Gasteiger charge is -2.58. The predicted molar refractivity (Wildman–Crippen MR) is 130 cm³/mol. The van der Waals surface area contributed by atoms with E-state index in [1.807, 2.05) is 5.57 Å². The highest BCUT2D eigenvalue weighted by molar-refractivity contribution is 8.93. The molecule has 2 nitrogen and oxygen atoms in total. The second kappa shape index (κ2) is 7.95. The van der Waals surface area contributed by atoms with Gasteiger partial charge in [-0.15, -0.1) is 34.0 Å². The molecule has 0 unspecified atom stereocenters. The zero-order chi connectivity index (χ0) is 18.3. The van der Waals surface area contributed by atoms with Crippen molar-refractivity contribution in [1.29, 1.82) is 0 Å². The van der Waals surface area contributed by atoms with Crippen molar-refractivity contribution in [3.63, 3.8) is 0 Å². The maximum absolute atomic E-state index is 2.74. The van der Waals surface area contributed by atoms with Crippen LogP contribution in [0, 0.1) is 34.5 Å². The summed E-state index contributed by atoms with van der Waals surface area (Å²) >= 11 is 0. The van der Waals surface area contributed by atoms with Gasteiger partial charge in [-0.25, -0.2) is 0 Å². The fraction of sp³-hybridized carbons (Fsp3) is 0.917. The third-order valence-electron chi connectivity index (χ3n) is 10.4. The van der Waals surface area contributed by atoms with Gasteiger partial charge in [-0.1, -0.05) is 18.6 Å². The number of fused-ring (bicyclic) bond motifs is 4. The molecule has 0 bridgehead atoms. The first kappa shape index (κ1) is 23.3. The first-order chi connectivity index (χ1) is 12.4. The van der Waals surface area contributed by atoms with E-state index in [1.54, 1.807) is 0 Å². The van der Waals surface area contributed by atoms with Gasteiger partial charge in [0.1, 0.15) is 0 Å². The maximum Gasteiger partial charge on any atom is 0.0127 e. The smallest absolute Gasteiger partial charge is 0.0127 e. The highest BCUT2D eigenvalue weighted by atomic mass is 79.9. The van der Waals surface area contributed by atoms with Crippen LogP contribution in [-0.2, 0) is 0 Å². The van der Waals surface area contributed by atoms with Gasteiger partial charge in [0.25, 0.3) is 0 Å². The summed E-state index contributed by atoms with van der Waals surface area (Å²) in [7, 11) is 6.95. The summed E-state index contributed by atoms with van der Waals surface area (Å²) < 4.78 is 0. The van der Waals surface area contributed by atoms with Crippen LogP contribution in [0.4, 0.5) is 0 Å². The molecule has 1 aliphatic heterocycles. The van der Waals surface area contributed by atoms with Crippen LogP contribution in [0.25, 0.3) is 0 Å². The molecule has 4 fully saturated rings. The van der Waals surface area contributed by atoms with Crippen LogP contribution in [0.3, 0.4) is 0 Å². The highest BCUT2D eigenvalue weighted by Crippen LogP contribution is 2.68. The Morgan fingerprint density at radius 3 is 2.43 bits per heavy atom. The normalized spacial score (nSPS) is 49.9. The van der Waals surface area contributed by atoms with Gasteiger partial charge in [0, 0.05) is 18.6 Å². The van der Waals surface area contributed by atoms with Crippen LogP contribution in [0.2, 0.25) is 0 Å². The van der Waals surface area contributed by atoms with Crippen molar-refractivity contribution in [1.82, 2.24) is 9.80 Å². The number of allylic oxidation sites excluding steroid dienone is 1. The van der Waals surface area contributed by atoms with Gasteiger partial charge < -0.3 is 9.80 Å². The second-order valence-electron chi connectivity index (χ2n) is 11.2. The number of hydrogen-bond acceptors (Lipinski definition) is 2. The van der Waals surface area contributed by atoms with Crippen molar-refractivity contribution in [3.05, 3.63) is 11.6 Å². The summed E-state index contributed by atoms with van der Waals surface area (Å²) in [5.41, 5.74) is 3.04. The Morgan fingerprint density at radius 1 is 1.00 bits per heavy atom. The molecule has 0 radical (unpaired) electrons. The van der Waals surface area contributed by atoms with Crippen molar-refractivity contribution in [2.45, 2.75) is 77.3 Å². The van der Waals surface area contributed by atoms with Crippen LogP contribution in [0.1, 0.15) is 65.2 Å². The van der Waals surface area contributed by atoms with Crippen LogP contribution in [0.5, 0.6) is 0 Å². The second-order valence-corrected chi connectivity index (χ2v) is 11.2. The van der Waals surface area contributed by atoms with Crippen molar-refractivity contribution >= 4 is 34.0 Å². The molecule has 0 aromatic heterocycles. The Hall–Kier alpha value is 0.620. The van der Waals surface area contributed by atoms with Crippen molar-refractivity contribution < 1.29 is 0 Å². The first-order valence-corrected chi connectivity index (χ1v) is 11.4. The maximum atomic E-state index is 2.74. The molecular weight excluding hydrogens is 476 g/mol. The van der Waals surface area contributed by atoms with Crippen molar-refractivity contribution in [2.24, 2.45) is 34.5 Å². The molecule has 28 heavy (non-hydrogen) atoms. The quantitative estimate of drug-likeness (QED) is 0.395. The van der Waals surface area contributed by atoms with Crippen LogP contribution >= 0.6 is 34.0 Å². The third kappa shape index (κ3) is 3.06. The molecule has 162 valence electrons. The lowest BCUT2D eigenvalue weighted by atomic mass is 9.47. The van der Waals surface area contributed by atoms with Gasteiger partial charge in [-0.05, 0) is 114 Å². The summed E-state index contributed by atoms with van der Waals surface area (Å²) in [4.78, 5) is 5.17. The lowest BCUT2D eigenvalue weighted by Crippen LogP contribution is -2.52. The number of halogens is 2. The van der Waals surface area contributed by atoms with Gasteiger partial charge in [-0.2, -0.15) is 0 Å². The minimum atomic E-state index is 0. The van der Waals surface area contributed by atoms with E-state index in [9.17, 15) is 0 Å². The zero-order valence-corrected chi connectivity index (χ0v) is 22.0. The fourth-order valence-electron chi connectivity index (χ4n) is 8.88. The minimum absolute atomic E-state index is 0. The van der Waals surface area contributed by atoms with E-state index in [0.717, 1.165) is 35.8 Å². The molecule has 0 aromatic carbocycles. The largest absolute Gasteiger partial charge is 0.306 e. The molecule has 8 atom stereocenters. The number of rotatable bonds is 1. The molecule has 0 N–H and O–H groups in total. The van der Waals surface area contributed by atoms with E-state index >= 15 is 0 Å². The molecule has 0 amide bonds. The summed E-state index contributed by atoms with van der Waals surface area (Å²) in [6.07, 6.45) is 14.4. The van der Waals surface area contributed by atoms with Gasteiger partial charge >= 0.3 is 0 Å². The number of nitrogens with zero attached hydrogens (tertiary/aromatic N) is 2. The van der Waals surface area contributed by atoms with Crippen LogP contribution in [-0.4, -0.2) is 49.6 Å². The number of hydrogen-bond donors (Lipinski definition) is 0. The Balaban J connectivity index is 0.00000112. The summed E-state index contributed by atoms with van der Waals surface area (Å²) in [6, 6.07) is 1.60. The zero-order valence-electron chi connectivity index (χ0n) is 18.6. The Morgan fingerprint density at radius 2 is 1.71 bits per heavy atom. The van der Waals surface area contributed by atoms with Gasteiger partial charge in [0.05, 0.1) is 0 Å². The molecule has 5 rings (SSSR count). The summed E-state index contributed by atoms with van der Waals surface area (Å²) in [5.74, 6) is 3.96. The predicted octanol–water partition coefficient (Wildman–Crippen LogP) is 5.97. The topological polar surface area (TPSA) is 6.48 Å². The number of likely N-dealkylation sites (tertiary alicyclic amines) is 1. The van der Waals surface area contributed by atoms with Crippen LogP contribution in [0.15, 0.2) is 11.6 Å². The minimum Gasteiger partial charge on any atom is -0.306 e. The SMILES string of the molecule is Br.Br.C[C@H]1[C@H]2CC[C@H]3[C@@H]4CC=C5C[C@@H](N(C)C)CC[C@]5(C)[C@H]4CC[C@]23CN1C. The monoisotopic (exact) mass is 516 g/mol. The molecule has 4 heteroatoms. The van der Waals surface area contributed by atoms with Crippen molar-refractivity contribution in [2.75, 3.05) is 27.7 Å². The van der Waals surface area contributed by atoms with Gasteiger partial charge in [0.2, 0.25) is 0 Å². The molecule has 1 spiro atoms. The average Bonchev–Trinajstić information content (AvgIpc) is 3.08. The third-order valence-corrected chi connectivity index (χ3v) is 10.4. The van der Waals surface area contributed by atoms with E-state index in [-0.39, 0.29) is 34.0 Å². The molecule has 5 aliphatic rings.